The largest absolute Gasteiger partial charge is 0.491 e. The van der Waals surface area contributed by atoms with Crippen LogP contribution in [0.5, 0.6) is 5.75 Å². The van der Waals surface area contributed by atoms with E-state index >= 15 is 0 Å². The van der Waals surface area contributed by atoms with Crippen LogP contribution in [-0.4, -0.2) is 59.7 Å². The van der Waals surface area contributed by atoms with Crippen LogP contribution in [0, 0.1) is 32.6 Å². The number of benzene rings is 1. The van der Waals surface area contributed by atoms with E-state index in [1.54, 1.807) is 7.05 Å². The lowest BCUT2D eigenvalue weighted by atomic mass is 9.83. The fourth-order valence-corrected chi connectivity index (χ4v) is 4.92. The van der Waals surface area contributed by atoms with Crippen molar-refractivity contribution in [2.45, 2.75) is 53.1 Å². The Hall–Kier alpha value is -2.81. The van der Waals surface area contributed by atoms with Crippen LogP contribution >= 0.6 is 0 Å². The molecule has 1 fully saturated rings. The maximum absolute atomic E-state index is 10.0. The van der Waals surface area contributed by atoms with E-state index in [0.717, 1.165) is 72.0 Å². The average molecular weight is 495 g/mol. The Kier molecular flexibility index (Phi) is 8.72. The van der Waals surface area contributed by atoms with Crippen LogP contribution in [0.25, 0.3) is 22.6 Å². The third-order valence-electron chi connectivity index (χ3n) is 7.08. The van der Waals surface area contributed by atoms with E-state index < -0.39 is 6.10 Å². The van der Waals surface area contributed by atoms with Gasteiger partial charge in [0.05, 0.1) is 17.0 Å². The standard InChI is InChI=1S/C28H38N4O4/c1-17(21-9-11-34-12-10-21)13-25-18(2)27(26-19(3)32-36-20(26)4)31-28(30-25)22-7-6-8-24(14-22)35-16-23(33)15-29-5/h6-8,14,17,21,23,29,33H,9-13,15-16H2,1-5H3. The molecule has 2 N–H and O–H groups in total. The van der Waals surface area contributed by atoms with E-state index in [2.05, 4.69) is 24.3 Å². The summed E-state index contributed by atoms with van der Waals surface area (Å²) in [4.78, 5) is 10.1. The van der Waals surface area contributed by atoms with Gasteiger partial charge in [0.1, 0.15) is 24.2 Å². The monoisotopic (exact) mass is 494 g/mol. The lowest BCUT2D eigenvalue weighted by Crippen LogP contribution is -2.29. The molecule has 0 spiro atoms. The van der Waals surface area contributed by atoms with Crippen molar-refractivity contribution in [2.24, 2.45) is 11.8 Å². The lowest BCUT2D eigenvalue weighted by molar-refractivity contribution is 0.0494. The molecule has 0 aliphatic carbocycles. The highest BCUT2D eigenvalue weighted by molar-refractivity contribution is 5.71. The van der Waals surface area contributed by atoms with Crippen molar-refractivity contribution in [3.63, 3.8) is 0 Å². The van der Waals surface area contributed by atoms with Crippen LogP contribution in [0.4, 0.5) is 0 Å². The lowest BCUT2D eigenvalue weighted by Gasteiger charge is -2.28. The minimum absolute atomic E-state index is 0.206. The molecule has 2 unspecified atom stereocenters. The van der Waals surface area contributed by atoms with Crippen LogP contribution in [0.15, 0.2) is 28.8 Å². The predicted octanol–water partition coefficient (Wildman–Crippen LogP) is 4.29. The molecule has 36 heavy (non-hydrogen) atoms. The highest BCUT2D eigenvalue weighted by atomic mass is 16.5. The van der Waals surface area contributed by atoms with Crippen LogP contribution in [0.1, 0.15) is 42.5 Å². The molecule has 4 rings (SSSR count). The molecular weight excluding hydrogens is 456 g/mol. The minimum Gasteiger partial charge on any atom is -0.491 e. The zero-order valence-corrected chi connectivity index (χ0v) is 22.0. The SMILES string of the molecule is CNCC(O)COc1cccc(-c2nc(CC(C)C3CCOCC3)c(C)c(-c3c(C)noc3C)n2)c1. The van der Waals surface area contributed by atoms with Gasteiger partial charge in [-0.1, -0.05) is 24.2 Å². The highest BCUT2D eigenvalue weighted by Crippen LogP contribution is 2.34. The summed E-state index contributed by atoms with van der Waals surface area (Å²) in [6.45, 7) is 10.6. The zero-order chi connectivity index (χ0) is 25.7. The molecule has 1 saturated heterocycles. The second-order valence-corrected chi connectivity index (χ2v) is 9.85. The van der Waals surface area contributed by atoms with Gasteiger partial charge in [0.15, 0.2) is 5.82 Å². The number of hydrogen-bond donors (Lipinski definition) is 2. The molecule has 1 aliphatic heterocycles. The quantitative estimate of drug-likeness (QED) is 0.430. The normalized spacial score (nSPS) is 16.2. The predicted molar refractivity (Wildman–Crippen MR) is 139 cm³/mol. The van der Waals surface area contributed by atoms with Crippen LogP contribution in [0.2, 0.25) is 0 Å². The first-order valence-corrected chi connectivity index (χ1v) is 12.8. The maximum Gasteiger partial charge on any atom is 0.160 e. The van der Waals surface area contributed by atoms with Gasteiger partial charge < -0.3 is 24.4 Å². The minimum atomic E-state index is -0.585. The molecule has 194 valence electrons. The van der Waals surface area contributed by atoms with Gasteiger partial charge in [-0.05, 0) is 76.6 Å². The Morgan fingerprint density at radius 1 is 1.17 bits per heavy atom. The van der Waals surface area contributed by atoms with Gasteiger partial charge in [0.2, 0.25) is 0 Å². The molecular formula is C28H38N4O4. The molecule has 1 aliphatic rings. The number of nitrogens with zero attached hydrogens (tertiary/aromatic N) is 3. The summed E-state index contributed by atoms with van der Waals surface area (Å²) in [6, 6.07) is 7.73. The van der Waals surface area contributed by atoms with Crippen molar-refractivity contribution < 1.29 is 19.1 Å². The summed E-state index contributed by atoms with van der Waals surface area (Å²) in [7, 11) is 1.80. The first-order valence-electron chi connectivity index (χ1n) is 12.8. The van der Waals surface area contributed by atoms with Gasteiger partial charge in [-0.2, -0.15) is 0 Å². The number of aliphatic hydroxyl groups is 1. The van der Waals surface area contributed by atoms with Gasteiger partial charge in [0, 0.05) is 31.0 Å². The van der Waals surface area contributed by atoms with E-state index in [9.17, 15) is 5.11 Å². The van der Waals surface area contributed by atoms with E-state index in [0.29, 0.717) is 30.0 Å². The fourth-order valence-electron chi connectivity index (χ4n) is 4.92. The summed E-state index contributed by atoms with van der Waals surface area (Å²) < 4.78 is 16.9. The number of hydrogen-bond acceptors (Lipinski definition) is 8. The third-order valence-corrected chi connectivity index (χ3v) is 7.08. The Morgan fingerprint density at radius 2 is 1.94 bits per heavy atom. The molecule has 2 aromatic heterocycles. The molecule has 3 aromatic rings. The second kappa shape index (κ2) is 12.0. The Balaban J connectivity index is 1.70. The van der Waals surface area contributed by atoms with Crippen LogP contribution in [-0.2, 0) is 11.2 Å². The maximum atomic E-state index is 10.0. The first kappa shape index (κ1) is 26.3. The van der Waals surface area contributed by atoms with Crippen molar-refractivity contribution in [3.05, 3.63) is 47.0 Å². The summed E-state index contributed by atoms with van der Waals surface area (Å²) >= 11 is 0. The number of nitrogens with one attached hydrogen (secondary N) is 1. The van der Waals surface area contributed by atoms with E-state index in [1.807, 2.05) is 38.1 Å². The molecule has 0 amide bonds. The molecule has 0 radical (unpaired) electrons. The van der Waals surface area contributed by atoms with E-state index in [1.165, 1.54) is 0 Å². The summed E-state index contributed by atoms with van der Waals surface area (Å²) in [5.41, 5.74) is 5.59. The van der Waals surface area contributed by atoms with Gasteiger partial charge >= 0.3 is 0 Å². The van der Waals surface area contributed by atoms with Gasteiger partial charge in [-0.25, -0.2) is 9.97 Å². The van der Waals surface area contributed by atoms with E-state index in [-0.39, 0.29) is 6.61 Å². The Bertz CT molecular complexity index is 1140. The zero-order valence-electron chi connectivity index (χ0n) is 22.0. The van der Waals surface area contributed by atoms with Gasteiger partial charge in [-0.15, -0.1) is 0 Å². The van der Waals surface area contributed by atoms with Crippen LogP contribution in [0.3, 0.4) is 0 Å². The summed E-state index contributed by atoms with van der Waals surface area (Å²) in [5, 5.41) is 17.1. The number of likely N-dealkylation sites (N-methyl/N-ethyl adjacent to an activating group) is 1. The molecule has 1 aromatic carbocycles. The second-order valence-electron chi connectivity index (χ2n) is 9.85. The number of aliphatic hydroxyl groups excluding tert-OH is 1. The Morgan fingerprint density at radius 3 is 2.64 bits per heavy atom. The summed E-state index contributed by atoms with van der Waals surface area (Å²) in [5.74, 6) is 3.17. The van der Waals surface area contributed by atoms with E-state index in [4.69, 9.17) is 24.0 Å². The average Bonchev–Trinajstić information content (AvgIpc) is 3.22. The fraction of sp³-hybridized carbons (Fsp3) is 0.536. The number of ether oxygens (including phenoxy) is 2. The Labute approximate surface area is 213 Å². The molecule has 3 heterocycles. The van der Waals surface area contributed by atoms with Crippen molar-refractivity contribution in [3.8, 4) is 28.4 Å². The molecule has 8 heteroatoms. The van der Waals surface area contributed by atoms with Crippen molar-refractivity contribution in [1.82, 2.24) is 20.4 Å². The molecule has 0 bridgehead atoms. The van der Waals surface area contributed by atoms with Crippen molar-refractivity contribution in [1.29, 1.82) is 0 Å². The topological polar surface area (TPSA) is 103 Å². The van der Waals surface area contributed by atoms with Crippen molar-refractivity contribution in [2.75, 3.05) is 33.4 Å². The van der Waals surface area contributed by atoms with Gasteiger partial charge in [-0.3, -0.25) is 0 Å². The number of aromatic nitrogens is 3. The third kappa shape index (κ3) is 6.11. The number of rotatable bonds is 10. The van der Waals surface area contributed by atoms with Crippen molar-refractivity contribution >= 4 is 0 Å². The molecule has 2 atom stereocenters. The summed E-state index contributed by atoms with van der Waals surface area (Å²) in [6.07, 6.45) is 2.47. The van der Waals surface area contributed by atoms with Gasteiger partial charge in [0.25, 0.3) is 0 Å². The first-order chi connectivity index (χ1) is 17.4. The van der Waals surface area contributed by atoms with Crippen LogP contribution < -0.4 is 10.1 Å². The smallest absolute Gasteiger partial charge is 0.160 e. The molecule has 0 saturated carbocycles. The highest BCUT2D eigenvalue weighted by Gasteiger charge is 2.25. The number of aryl methyl sites for hydroxylation is 2. The molecule has 8 nitrogen and oxygen atoms in total.